The highest BCUT2D eigenvalue weighted by Gasteiger charge is 2.23. The lowest BCUT2D eigenvalue weighted by molar-refractivity contribution is -0.120. The van der Waals surface area contributed by atoms with Crippen LogP contribution in [0, 0.1) is 5.92 Å². The van der Waals surface area contributed by atoms with Gasteiger partial charge in [-0.3, -0.25) is 4.79 Å². The van der Waals surface area contributed by atoms with Crippen LogP contribution in [-0.2, 0) is 4.79 Å². The number of hydrogen-bond acceptors (Lipinski definition) is 3. The highest BCUT2D eigenvalue weighted by atomic mass is 16.1. The second-order valence-electron chi connectivity index (χ2n) is 3.02. The van der Waals surface area contributed by atoms with E-state index in [9.17, 15) is 4.79 Å². The smallest absolute Gasteiger partial charge is 0.234 e. The van der Waals surface area contributed by atoms with Crippen molar-refractivity contribution in [1.82, 2.24) is 5.32 Å². The molecule has 0 bridgehead atoms. The largest absolute Gasteiger partial charge is 0.368 e. The summed E-state index contributed by atoms with van der Waals surface area (Å²) in [7, 11) is 0. The average Bonchev–Trinajstić information content (AvgIpc) is 2.05. The second-order valence-corrected chi connectivity index (χ2v) is 3.02. The molecule has 0 aliphatic carbocycles. The maximum Gasteiger partial charge on any atom is 0.234 e. The molecule has 1 aliphatic heterocycles. The Morgan fingerprint density at radius 2 is 2.00 bits per heavy atom. The van der Waals surface area contributed by atoms with Crippen molar-refractivity contribution < 1.29 is 4.79 Å². The van der Waals surface area contributed by atoms with Crippen LogP contribution >= 0.6 is 0 Å². The molecule has 5 N–H and O–H groups in total. The Kier molecular flexibility index (Phi) is 2.84. The van der Waals surface area contributed by atoms with E-state index in [0.29, 0.717) is 0 Å². The van der Waals surface area contributed by atoms with Gasteiger partial charge < -0.3 is 16.8 Å². The summed E-state index contributed by atoms with van der Waals surface area (Å²) in [6, 6.07) is -0.447. The number of primary amides is 1. The zero-order valence-electron chi connectivity index (χ0n) is 6.55. The minimum absolute atomic E-state index is 0.286. The zero-order chi connectivity index (χ0) is 8.27. The van der Waals surface area contributed by atoms with Gasteiger partial charge in [-0.25, -0.2) is 0 Å². The van der Waals surface area contributed by atoms with E-state index in [1.54, 1.807) is 0 Å². The first-order chi connectivity index (χ1) is 5.22. The maximum atomic E-state index is 10.7. The standard InChI is InChI=1S/C7H15N3O/c8-6(7(9)11)5-1-3-10-4-2-5/h5-6,10H,1-4,8H2,(H2,9,11)/t6-/m1/s1. The van der Waals surface area contributed by atoms with Crippen molar-refractivity contribution >= 4 is 5.91 Å². The normalized spacial score (nSPS) is 23.0. The van der Waals surface area contributed by atoms with Gasteiger partial charge in [0, 0.05) is 0 Å². The van der Waals surface area contributed by atoms with Gasteiger partial charge in [-0.2, -0.15) is 0 Å². The molecule has 1 aliphatic rings. The molecule has 0 spiro atoms. The highest BCUT2D eigenvalue weighted by Crippen LogP contribution is 2.14. The third-order valence-corrected chi connectivity index (χ3v) is 2.22. The fourth-order valence-corrected chi connectivity index (χ4v) is 1.44. The van der Waals surface area contributed by atoms with Crippen LogP contribution in [0.1, 0.15) is 12.8 Å². The lowest BCUT2D eigenvalue weighted by atomic mass is 9.90. The van der Waals surface area contributed by atoms with Crippen molar-refractivity contribution in [1.29, 1.82) is 0 Å². The van der Waals surface area contributed by atoms with E-state index < -0.39 is 6.04 Å². The molecule has 11 heavy (non-hydrogen) atoms. The number of rotatable bonds is 2. The molecule has 1 atom stereocenters. The zero-order valence-corrected chi connectivity index (χ0v) is 6.55. The van der Waals surface area contributed by atoms with E-state index in [1.807, 2.05) is 0 Å². The quantitative estimate of drug-likeness (QED) is 0.471. The van der Waals surface area contributed by atoms with Gasteiger partial charge in [0.05, 0.1) is 6.04 Å². The van der Waals surface area contributed by atoms with Crippen molar-refractivity contribution in [3.05, 3.63) is 0 Å². The van der Waals surface area contributed by atoms with Crippen LogP contribution < -0.4 is 16.8 Å². The van der Waals surface area contributed by atoms with E-state index in [2.05, 4.69) is 5.32 Å². The number of hydrogen-bond donors (Lipinski definition) is 3. The number of nitrogens with two attached hydrogens (primary N) is 2. The van der Waals surface area contributed by atoms with Crippen LogP contribution in [0.3, 0.4) is 0 Å². The molecule has 0 radical (unpaired) electrons. The van der Waals surface area contributed by atoms with Gasteiger partial charge in [0.1, 0.15) is 0 Å². The molecule has 64 valence electrons. The van der Waals surface area contributed by atoms with Gasteiger partial charge in [0.15, 0.2) is 0 Å². The summed E-state index contributed by atoms with van der Waals surface area (Å²) < 4.78 is 0. The van der Waals surface area contributed by atoms with Gasteiger partial charge in [0.2, 0.25) is 5.91 Å². The van der Waals surface area contributed by atoms with Gasteiger partial charge in [0.25, 0.3) is 0 Å². The SMILES string of the molecule is NC(=O)[C@H](N)C1CCNCC1. The van der Waals surface area contributed by atoms with E-state index >= 15 is 0 Å². The molecule has 1 fully saturated rings. The lowest BCUT2D eigenvalue weighted by Crippen LogP contribution is -2.46. The number of carbonyl (C=O) groups is 1. The van der Waals surface area contributed by atoms with E-state index in [1.165, 1.54) is 0 Å². The summed E-state index contributed by atoms with van der Waals surface area (Å²) in [4.78, 5) is 10.7. The van der Waals surface area contributed by atoms with Crippen LogP contribution in [0.4, 0.5) is 0 Å². The first kappa shape index (κ1) is 8.49. The van der Waals surface area contributed by atoms with Crippen LogP contribution in [0.15, 0.2) is 0 Å². The highest BCUT2D eigenvalue weighted by molar-refractivity contribution is 5.79. The molecule has 1 rings (SSSR count). The number of nitrogens with one attached hydrogen (secondary N) is 1. The molecule has 4 nitrogen and oxygen atoms in total. The van der Waals surface area contributed by atoms with E-state index in [4.69, 9.17) is 11.5 Å². The predicted molar refractivity (Wildman–Crippen MR) is 42.8 cm³/mol. The summed E-state index contributed by atoms with van der Waals surface area (Å²) in [5.41, 5.74) is 10.7. The predicted octanol–water partition coefficient (Wildman–Crippen LogP) is -1.20. The molecule has 1 heterocycles. The summed E-state index contributed by atoms with van der Waals surface area (Å²) in [6.07, 6.45) is 1.92. The van der Waals surface area contributed by atoms with Crippen LogP contribution in [0.2, 0.25) is 0 Å². The molecule has 0 aromatic heterocycles. The Hall–Kier alpha value is -0.610. The van der Waals surface area contributed by atoms with Crippen molar-refractivity contribution in [2.24, 2.45) is 17.4 Å². The fraction of sp³-hybridized carbons (Fsp3) is 0.857. The van der Waals surface area contributed by atoms with E-state index in [0.717, 1.165) is 25.9 Å². The Bertz CT molecular complexity index is 143. The van der Waals surface area contributed by atoms with Crippen molar-refractivity contribution in [3.8, 4) is 0 Å². The van der Waals surface area contributed by atoms with Crippen LogP contribution in [0.5, 0.6) is 0 Å². The Morgan fingerprint density at radius 1 is 1.45 bits per heavy atom. The molecule has 1 amide bonds. The molecule has 0 aromatic carbocycles. The molecule has 4 heteroatoms. The monoisotopic (exact) mass is 157 g/mol. The lowest BCUT2D eigenvalue weighted by Gasteiger charge is -2.25. The molecule has 0 unspecified atom stereocenters. The van der Waals surface area contributed by atoms with E-state index in [-0.39, 0.29) is 11.8 Å². The minimum atomic E-state index is -0.447. The minimum Gasteiger partial charge on any atom is -0.368 e. The third kappa shape index (κ3) is 2.17. The summed E-state index contributed by atoms with van der Waals surface area (Å²) >= 11 is 0. The molecule has 0 saturated carbocycles. The summed E-state index contributed by atoms with van der Waals surface area (Å²) in [5, 5.41) is 3.20. The maximum absolute atomic E-state index is 10.7. The van der Waals surface area contributed by atoms with Crippen molar-refractivity contribution in [2.75, 3.05) is 13.1 Å². The summed E-state index contributed by atoms with van der Waals surface area (Å²) in [6.45, 7) is 1.90. The fourth-order valence-electron chi connectivity index (χ4n) is 1.44. The average molecular weight is 157 g/mol. The molecular formula is C7H15N3O. The topological polar surface area (TPSA) is 81.1 Å². The number of carbonyl (C=O) groups excluding carboxylic acids is 1. The van der Waals surface area contributed by atoms with Crippen molar-refractivity contribution in [2.45, 2.75) is 18.9 Å². The van der Waals surface area contributed by atoms with Crippen LogP contribution in [-0.4, -0.2) is 25.0 Å². The van der Waals surface area contributed by atoms with Gasteiger partial charge in [-0.05, 0) is 31.8 Å². The van der Waals surface area contributed by atoms with Gasteiger partial charge in [-0.1, -0.05) is 0 Å². The van der Waals surface area contributed by atoms with Crippen LogP contribution in [0.25, 0.3) is 0 Å². The number of piperidine rings is 1. The molecule has 1 saturated heterocycles. The van der Waals surface area contributed by atoms with Gasteiger partial charge >= 0.3 is 0 Å². The first-order valence-electron chi connectivity index (χ1n) is 3.97. The second kappa shape index (κ2) is 3.69. The third-order valence-electron chi connectivity index (χ3n) is 2.22. The van der Waals surface area contributed by atoms with Crippen molar-refractivity contribution in [3.63, 3.8) is 0 Å². The Labute approximate surface area is 66.3 Å². The summed E-state index contributed by atoms with van der Waals surface area (Å²) in [5.74, 6) is -0.0920. The molecule has 0 aromatic rings. The Balaban J connectivity index is 2.38. The Morgan fingerprint density at radius 3 is 2.45 bits per heavy atom. The number of amides is 1. The van der Waals surface area contributed by atoms with Gasteiger partial charge in [-0.15, -0.1) is 0 Å². The first-order valence-corrected chi connectivity index (χ1v) is 3.97. The molecular weight excluding hydrogens is 142 g/mol.